The summed E-state index contributed by atoms with van der Waals surface area (Å²) in [6.45, 7) is 3.91. The third-order valence-corrected chi connectivity index (χ3v) is 2.87. The van der Waals surface area contributed by atoms with E-state index in [2.05, 4.69) is 0 Å². The number of halogens is 2. The molecule has 0 aliphatic carbocycles. The van der Waals surface area contributed by atoms with E-state index in [0.717, 1.165) is 6.07 Å². The third-order valence-electron chi connectivity index (χ3n) is 2.64. The molecular weight excluding hydrogens is 259 g/mol. The number of esters is 1. The molecule has 0 bridgehead atoms. The second-order valence-electron chi connectivity index (χ2n) is 4.47. The Morgan fingerprint density at radius 1 is 1.44 bits per heavy atom. The minimum Gasteiger partial charge on any atom is -0.462 e. The Morgan fingerprint density at radius 3 is 2.72 bits per heavy atom. The van der Waals surface area contributed by atoms with Gasteiger partial charge in [-0.1, -0.05) is 11.6 Å². The maximum Gasteiger partial charge on any atom is 0.341 e. The lowest BCUT2D eigenvalue weighted by Crippen LogP contribution is -2.25. The summed E-state index contributed by atoms with van der Waals surface area (Å²) in [7, 11) is 1.58. The average Bonchev–Trinajstić information content (AvgIpc) is 2.32. The lowest BCUT2D eigenvalue weighted by molar-refractivity contribution is -0.00574. The molecule has 0 unspecified atom stereocenters. The Balaban J connectivity index is 2.58. The molecule has 0 aliphatic heterocycles. The van der Waals surface area contributed by atoms with Crippen molar-refractivity contribution in [1.82, 2.24) is 0 Å². The molecular formula is C13H16ClFO3. The molecule has 100 valence electrons. The molecule has 0 radical (unpaired) electrons. The quantitative estimate of drug-likeness (QED) is 0.772. The van der Waals surface area contributed by atoms with Crippen LogP contribution >= 0.6 is 11.6 Å². The van der Waals surface area contributed by atoms with E-state index in [1.54, 1.807) is 7.11 Å². The summed E-state index contributed by atoms with van der Waals surface area (Å²) in [5, 5.41) is 0.292. The van der Waals surface area contributed by atoms with Crippen molar-refractivity contribution in [3.8, 4) is 0 Å². The van der Waals surface area contributed by atoms with Crippen molar-refractivity contribution in [3.63, 3.8) is 0 Å². The van der Waals surface area contributed by atoms with Crippen molar-refractivity contribution in [2.24, 2.45) is 0 Å². The molecule has 5 heteroatoms. The first-order valence-corrected chi connectivity index (χ1v) is 5.91. The van der Waals surface area contributed by atoms with Crippen molar-refractivity contribution in [2.75, 3.05) is 13.7 Å². The van der Waals surface area contributed by atoms with Crippen LogP contribution in [0.3, 0.4) is 0 Å². The monoisotopic (exact) mass is 274 g/mol. The van der Waals surface area contributed by atoms with Crippen LogP contribution < -0.4 is 0 Å². The molecule has 0 aromatic heterocycles. The van der Waals surface area contributed by atoms with Gasteiger partial charge < -0.3 is 9.47 Å². The van der Waals surface area contributed by atoms with E-state index in [1.807, 2.05) is 13.8 Å². The highest BCUT2D eigenvalue weighted by Crippen LogP contribution is 2.17. The van der Waals surface area contributed by atoms with Crippen LogP contribution in [0.25, 0.3) is 0 Å². The van der Waals surface area contributed by atoms with Gasteiger partial charge in [-0.15, -0.1) is 0 Å². The van der Waals surface area contributed by atoms with Crippen molar-refractivity contribution in [1.29, 1.82) is 0 Å². The summed E-state index contributed by atoms with van der Waals surface area (Å²) in [6.07, 6.45) is 0.525. The molecule has 1 rings (SSSR count). The van der Waals surface area contributed by atoms with Crippen molar-refractivity contribution >= 4 is 17.6 Å². The van der Waals surface area contributed by atoms with Gasteiger partial charge >= 0.3 is 5.97 Å². The van der Waals surface area contributed by atoms with E-state index >= 15 is 0 Å². The van der Waals surface area contributed by atoms with Crippen LogP contribution in [0.2, 0.25) is 5.02 Å². The Bertz CT molecular complexity index is 432. The molecule has 0 saturated carbocycles. The fourth-order valence-electron chi connectivity index (χ4n) is 1.22. The highest BCUT2D eigenvalue weighted by molar-refractivity contribution is 6.30. The van der Waals surface area contributed by atoms with Gasteiger partial charge in [0.1, 0.15) is 5.82 Å². The Hall–Kier alpha value is -1.13. The molecule has 0 atom stereocenters. The van der Waals surface area contributed by atoms with Gasteiger partial charge in [-0.25, -0.2) is 9.18 Å². The summed E-state index contributed by atoms with van der Waals surface area (Å²) in [5.41, 5.74) is -0.537. The zero-order chi connectivity index (χ0) is 13.8. The van der Waals surface area contributed by atoms with Gasteiger partial charge in [0.2, 0.25) is 0 Å². The summed E-state index contributed by atoms with van der Waals surface area (Å²) in [5.74, 6) is -1.36. The zero-order valence-electron chi connectivity index (χ0n) is 10.6. The maximum absolute atomic E-state index is 13.4. The van der Waals surface area contributed by atoms with Crippen LogP contribution in [0, 0.1) is 5.82 Å². The van der Waals surface area contributed by atoms with Crippen molar-refractivity contribution in [2.45, 2.75) is 25.9 Å². The molecule has 0 saturated heterocycles. The standard InChI is InChI=1S/C13H16ClFO3/c1-13(2,17-3)6-7-18-12(16)10-8-9(14)4-5-11(10)15/h4-5,8H,6-7H2,1-3H3. The molecule has 0 heterocycles. The first-order valence-electron chi connectivity index (χ1n) is 5.53. The lowest BCUT2D eigenvalue weighted by Gasteiger charge is -2.22. The summed E-state index contributed by atoms with van der Waals surface area (Å²) in [6, 6.07) is 3.76. The van der Waals surface area contributed by atoms with Gasteiger partial charge in [0.15, 0.2) is 0 Å². The average molecular weight is 275 g/mol. The van der Waals surface area contributed by atoms with Gasteiger partial charge in [-0.05, 0) is 32.0 Å². The Morgan fingerprint density at radius 2 is 2.11 bits per heavy atom. The number of methoxy groups -OCH3 is 1. The van der Waals surface area contributed by atoms with Gasteiger partial charge in [0, 0.05) is 18.6 Å². The van der Waals surface area contributed by atoms with Crippen LogP contribution in [-0.4, -0.2) is 25.3 Å². The minimum atomic E-state index is -0.720. The van der Waals surface area contributed by atoms with Crippen LogP contribution in [0.15, 0.2) is 18.2 Å². The number of benzene rings is 1. The Labute approximate surface area is 111 Å². The van der Waals surface area contributed by atoms with Crippen LogP contribution in [-0.2, 0) is 9.47 Å². The number of carbonyl (C=O) groups excluding carboxylic acids is 1. The largest absolute Gasteiger partial charge is 0.462 e. The SMILES string of the molecule is COC(C)(C)CCOC(=O)c1cc(Cl)ccc1F. The van der Waals surface area contributed by atoms with E-state index in [-0.39, 0.29) is 17.8 Å². The van der Waals surface area contributed by atoms with Crippen molar-refractivity contribution < 1.29 is 18.7 Å². The lowest BCUT2D eigenvalue weighted by atomic mass is 10.1. The molecule has 1 aromatic rings. The molecule has 0 N–H and O–H groups in total. The summed E-state index contributed by atoms with van der Waals surface area (Å²) in [4.78, 5) is 11.6. The third kappa shape index (κ3) is 4.27. The van der Waals surface area contributed by atoms with Crippen LogP contribution in [0.5, 0.6) is 0 Å². The van der Waals surface area contributed by atoms with Gasteiger partial charge in [0.25, 0.3) is 0 Å². The number of carbonyl (C=O) groups is 1. The molecule has 18 heavy (non-hydrogen) atoms. The molecule has 1 aromatic carbocycles. The molecule has 0 spiro atoms. The molecule has 0 aliphatic rings. The predicted octanol–water partition coefficient (Wildman–Crippen LogP) is 3.45. The number of ether oxygens (including phenoxy) is 2. The second-order valence-corrected chi connectivity index (χ2v) is 4.91. The first-order chi connectivity index (χ1) is 8.35. The second kappa shape index (κ2) is 6.16. The maximum atomic E-state index is 13.4. The van der Waals surface area contributed by atoms with E-state index in [1.165, 1.54) is 12.1 Å². The fourth-order valence-corrected chi connectivity index (χ4v) is 1.40. The minimum absolute atomic E-state index is 0.155. The van der Waals surface area contributed by atoms with Crippen molar-refractivity contribution in [3.05, 3.63) is 34.6 Å². The fraction of sp³-hybridized carbons (Fsp3) is 0.462. The summed E-state index contributed by atoms with van der Waals surface area (Å²) < 4.78 is 23.5. The van der Waals surface area contributed by atoms with Gasteiger partial charge in [-0.3, -0.25) is 0 Å². The highest BCUT2D eigenvalue weighted by Gasteiger charge is 2.18. The summed E-state index contributed by atoms with van der Waals surface area (Å²) >= 11 is 5.70. The number of hydrogen-bond donors (Lipinski definition) is 0. The topological polar surface area (TPSA) is 35.5 Å². The van der Waals surface area contributed by atoms with Crippen LogP contribution in [0.4, 0.5) is 4.39 Å². The van der Waals surface area contributed by atoms with E-state index in [0.29, 0.717) is 11.4 Å². The first kappa shape index (κ1) is 14.9. The van der Waals surface area contributed by atoms with Gasteiger partial charge in [-0.2, -0.15) is 0 Å². The predicted molar refractivity (Wildman–Crippen MR) is 67.4 cm³/mol. The number of hydrogen-bond acceptors (Lipinski definition) is 3. The molecule has 0 amide bonds. The van der Waals surface area contributed by atoms with Crippen LogP contribution in [0.1, 0.15) is 30.6 Å². The smallest absolute Gasteiger partial charge is 0.341 e. The van der Waals surface area contributed by atoms with E-state index < -0.39 is 11.8 Å². The van der Waals surface area contributed by atoms with Gasteiger partial charge in [0.05, 0.1) is 17.8 Å². The number of rotatable bonds is 5. The highest BCUT2D eigenvalue weighted by atomic mass is 35.5. The molecule has 3 nitrogen and oxygen atoms in total. The normalized spacial score (nSPS) is 11.4. The Kier molecular flexibility index (Phi) is 5.11. The van der Waals surface area contributed by atoms with E-state index in [4.69, 9.17) is 21.1 Å². The molecule has 0 fully saturated rings. The zero-order valence-corrected chi connectivity index (χ0v) is 11.4. The van der Waals surface area contributed by atoms with E-state index in [9.17, 15) is 9.18 Å².